The summed E-state index contributed by atoms with van der Waals surface area (Å²) in [5.74, 6) is -0.00739. The highest BCUT2D eigenvalue weighted by Gasteiger charge is 2.06. The molecule has 2 aromatic heterocycles. The fourth-order valence-electron chi connectivity index (χ4n) is 2.16. The van der Waals surface area contributed by atoms with E-state index < -0.39 is 5.82 Å². The smallest absolute Gasteiger partial charge is 0.261 e. The molecule has 0 amide bonds. The van der Waals surface area contributed by atoms with Gasteiger partial charge in [-0.25, -0.2) is 14.4 Å². The molecule has 0 saturated heterocycles. The molecule has 112 valence electrons. The summed E-state index contributed by atoms with van der Waals surface area (Å²) in [5.41, 5.74) is 5.22. The van der Waals surface area contributed by atoms with Crippen molar-refractivity contribution in [3.8, 4) is 0 Å². The Kier molecular flexibility index (Phi) is 3.42. The number of hydrogen-bond donors (Lipinski definition) is 2. The van der Waals surface area contributed by atoms with Crippen LogP contribution in [-0.2, 0) is 13.0 Å². The number of fused-ring (bicyclic) bond motifs is 1. The lowest BCUT2D eigenvalue weighted by Crippen LogP contribution is -2.23. The van der Waals surface area contributed by atoms with Gasteiger partial charge in [0.1, 0.15) is 17.5 Å². The molecule has 0 aliphatic heterocycles. The first-order valence-corrected chi connectivity index (χ1v) is 6.53. The van der Waals surface area contributed by atoms with Crippen LogP contribution in [0.4, 0.5) is 10.2 Å². The molecular formula is C14H12FN5O2. The number of nitrogens with one attached hydrogen (secondary N) is 1. The molecule has 1 aromatic carbocycles. The molecular weight excluding hydrogens is 289 g/mol. The van der Waals surface area contributed by atoms with E-state index >= 15 is 0 Å². The summed E-state index contributed by atoms with van der Waals surface area (Å²) in [7, 11) is 0. The van der Waals surface area contributed by atoms with Gasteiger partial charge in [-0.3, -0.25) is 14.2 Å². The Hall–Kier alpha value is -3.03. The van der Waals surface area contributed by atoms with E-state index in [4.69, 9.17) is 5.73 Å². The van der Waals surface area contributed by atoms with E-state index in [0.717, 1.165) is 6.07 Å². The van der Waals surface area contributed by atoms with Gasteiger partial charge in [-0.05, 0) is 18.2 Å². The minimum absolute atomic E-state index is 0.116. The van der Waals surface area contributed by atoms with Gasteiger partial charge in [0.2, 0.25) is 0 Å². The van der Waals surface area contributed by atoms with E-state index in [-0.39, 0.29) is 28.9 Å². The minimum Gasteiger partial charge on any atom is -0.383 e. The highest BCUT2D eigenvalue weighted by Crippen LogP contribution is 2.08. The van der Waals surface area contributed by atoms with Crippen molar-refractivity contribution < 1.29 is 4.39 Å². The molecule has 0 radical (unpaired) electrons. The second-order valence-corrected chi connectivity index (χ2v) is 4.77. The predicted molar refractivity (Wildman–Crippen MR) is 78.9 cm³/mol. The van der Waals surface area contributed by atoms with Crippen molar-refractivity contribution in [1.82, 2.24) is 19.5 Å². The van der Waals surface area contributed by atoms with Crippen LogP contribution >= 0.6 is 0 Å². The van der Waals surface area contributed by atoms with Crippen LogP contribution in [0, 0.1) is 5.82 Å². The Balaban J connectivity index is 1.92. The summed E-state index contributed by atoms with van der Waals surface area (Å²) >= 11 is 0. The maximum Gasteiger partial charge on any atom is 0.261 e. The minimum atomic E-state index is -0.494. The van der Waals surface area contributed by atoms with Gasteiger partial charge in [0, 0.05) is 19.0 Å². The molecule has 0 fully saturated rings. The van der Waals surface area contributed by atoms with Crippen molar-refractivity contribution in [3.05, 3.63) is 62.9 Å². The van der Waals surface area contributed by atoms with Crippen molar-refractivity contribution in [1.29, 1.82) is 0 Å². The average molecular weight is 301 g/mol. The third-order valence-electron chi connectivity index (χ3n) is 3.19. The summed E-state index contributed by atoms with van der Waals surface area (Å²) < 4.78 is 14.6. The second-order valence-electron chi connectivity index (χ2n) is 4.77. The lowest BCUT2D eigenvalue weighted by atomic mass is 10.2. The van der Waals surface area contributed by atoms with Crippen molar-refractivity contribution in [3.63, 3.8) is 0 Å². The highest BCUT2D eigenvalue weighted by atomic mass is 19.1. The van der Waals surface area contributed by atoms with Crippen LogP contribution in [0.5, 0.6) is 0 Å². The average Bonchev–Trinajstić information content (AvgIpc) is 2.46. The van der Waals surface area contributed by atoms with E-state index in [9.17, 15) is 14.0 Å². The van der Waals surface area contributed by atoms with E-state index in [1.807, 2.05) is 0 Å². The van der Waals surface area contributed by atoms with Gasteiger partial charge in [0.15, 0.2) is 0 Å². The second kappa shape index (κ2) is 5.40. The fourth-order valence-corrected chi connectivity index (χ4v) is 2.16. The zero-order valence-electron chi connectivity index (χ0n) is 11.4. The Labute approximate surface area is 123 Å². The SMILES string of the molecule is Nc1cc(=O)[nH]c(CCn2cnc3ccc(F)cc3c2=O)n1. The Morgan fingerprint density at radius 3 is 2.86 bits per heavy atom. The number of benzene rings is 1. The molecule has 2 heterocycles. The summed E-state index contributed by atoms with van der Waals surface area (Å²) in [4.78, 5) is 34.2. The Morgan fingerprint density at radius 2 is 2.09 bits per heavy atom. The van der Waals surface area contributed by atoms with Crippen molar-refractivity contribution in [2.24, 2.45) is 0 Å². The molecule has 0 aliphatic rings. The van der Waals surface area contributed by atoms with E-state index in [1.165, 1.54) is 29.1 Å². The predicted octanol–water partition coefficient (Wildman–Crippen LogP) is 0.444. The van der Waals surface area contributed by atoms with E-state index in [2.05, 4.69) is 15.0 Å². The summed E-state index contributed by atoms with van der Waals surface area (Å²) in [6, 6.07) is 5.03. The fraction of sp³-hybridized carbons (Fsp3) is 0.143. The number of aromatic nitrogens is 4. The summed E-state index contributed by atoms with van der Waals surface area (Å²) in [5, 5.41) is 0.205. The van der Waals surface area contributed by atoms with Crippen molar-refractivity contribution in [2.45, 2.75) is 13.0 Å². The first-order valence-electron chi connectivity index (χ1n) is 6.53. The lowest BCUT2D eigenvalue weighted by Gasteiger charge is -2.06. The Bertz CT molecular complexity index is 963. The molecule has 0 bridgehead atoms. The highest BCUT2D eigenvalue weighted by molar-refractivity contribution is 5.77. The van der Waals surface area contributed by atoms with Crippen LogP contribution in [0.2, 0.25) is 0 Å². The van der Waals surface area contributed by atoms with Crippen molar-refractivity contribution >= 4 is 16.7 Å². The van der Waals surface area contributed by atoms with Gasteiger partial charge in [-0.15, -0.1) is 0 Å². The Morgan fingerprint density at radius 1 is 1.27 bits per heavy atom. The van der Waals surface area contributed by atoms with Gasteiger partial charge in [-0.2, -0.15) is 0 Å². The van der Waals surface area contributed by atoms with Gasteiger partial charge < -0.3 is 10.7 Å². The monoisotopic (exact) mass is 301 g/mol. The van der Waals surface area contributed by atoms with Gasteiger partial charge in [0.25, 0.3) is 11.1 Å². The van der Waals surface area contributed by atoms with Crippen LogP contribution in [0.25, 0.3) is 10.9 Å². The third-order valence-corrected chi connectivity index (χ3v) is 3.19. The maximum absolute atomic E-state index is 13.2. The standard InChI is InChI=1S/C14H12FN5O2/c15-8-1-2-10-9(5-8)14(22)20(7-17-10)4-3-12-18-11(16)6-13(21)19-12/h1-2,5-7H,3-4H2,(H3,16,18,19,21). The molecule has 0 spiro atoms. The number of nitrogen functional groups attached to an aromatic ring is 1. The van der Waals surface area contributed by atoms with Crippen LogP contribution in [0.15, 0.2) is 40.2 Å². The van der Waals surface area contributed by atoms with Crippen LogP contribution in [0.3, 0.4) is 0 Å². The zero-order valence-corrected chi connectivity index (χ0v) is 11.4. The van der Waals surface area contributed by atoms with Gasteiger partial charge in [-0.1, -0.05) is 0 Å². The quantitative estimate of drug-likeness (QED) is 0.730. The summed E-state index contributed by atoms with van der Waals surface area (Å²) in [6.07, 6.45) is 1.68. The number of aryl methyl sites for hydroxylation is 2. The van der Waals surface area contributed by atoms with Gasteiger partial charge >= 0.3 is 0 Å². The topological polar surface area (TPSA) is 107 Å². The number of aromatic amines is 1. The number of hydrogen-bond acceptors (Lipinski definition) is 5. The maximum atomic E-state index is 13.2. The molecule has 0 atom stereocenters. The van der Waals surface area contributed by atoms with Gasteiger partial charge in [0.05, 0.1) is 17.2 Å². The zero-order chi connectivity index (χ0) is 15.7. The lowest BCUT2D eigenvalue weighted by molar-refractivity contribution is 0.625. The normalized spacial score (nSPS) is 11.0. The van der Waals surface area contributed by atoms with Crippen LogP contribution in [0.1, 0.15) is 5.82 Å². The van der Waals surface area contributed by atoms with Crippen LogP contribution in [-0.4, -0.2) is 19.5 Å². The number of rotatable bonds is 3. The molecule has 8 heteroatoms. The largest absolute Gasteiger partial charge is 0.383 e. The van der Waals surface area contributed by atoms with Crippen LogP contribution < -0.4 is 16.9 Å². The number of halogens is 1. The molecule has 3 aromatic rings. The molecule has 0 saturated carbocycles. The molecule has 0 aliphatic carbocycles. The molecule has 3 rings (SSSR count). The number of H-pyrrole nitrogens is 1. The molecule has 22 heavy (non-hydrogen) atoms. The number of nitrogens with zero attached hydrogens (tertiary/aromatic N) is 3. The summed E-state index contributed by atoms with van der Waals surface area (Å²) in [6.45, 7) is 0.241. The third kappa shape index (κ3) is 2.71. The molecule has 0 unspecified atom stereocenters. The number of anilines is 1. The van der Waals surface area contributed by atoms with Crippen molar-refractivity contribution in [2.75, 3.05) is 5.73 Å². The molecule has 3 N–H and O–H groups in total. The number of nitrogens with two attached hydrogens (primary N) is 1. The van der Waals surface area contributed by atoms with E-state index in [1.54, 1.807) is 0 Å². The first kappa shape index (κ1) is 13.9. The molecule has 7 nitrogen and oxygen atoms in total. The van der Waals surface area contributed by atoms with E-state index in [0.29, 0.717) is 17.8 Å². The first-order chi connectivity index (χ1) is 10.5.